The molecule has 0 aromatic carbocycles. The van der Waals surface area contributed by atoms with Crippen molar-refractivity contribution in [3.63, 3.8) is 0 Å². The van der Waals surface area contributed by atoms with E-state index < -0.39 is 0 Å². The monoisotopic (exact) mass is 280 g/mol. The molecule has 4 rings (SSSR count). The zero-order chi connectivity index (χ0) is 12.3. The van der Waals surface area contributed by atoms with Crippen LogP contribution in [0, 0.1) is 11.8 Å². The van der Waals surface area contributed by atoms with Gasteiger partial charge in [0.05, 0.1) is 0 Å². The first kappa shape index (κ1) is 13.2. The van der Waals surface area contributed by atoms with Crippen molar-refractivity contribution < 1.29 is 4.79 Å². The lowest BCUT2D eigenvalue weighted by molar-refractivity contribution is 0.0705. The lowest BCUT2D eigenvalue weighted by Crippen LogP contribution is -2.45. The van der Waals surface area contributed by atoms with E-state index in [1.807, 2.05) is 0 Å². The molecule has 1 saturated heterocycles. The zero-order valence-corrected chi connectivity index (χ0v) is 12.2. The third-order valence-electron chi connectivity index (χ3n) is 5.13. The summed E-state index contributed by atoms with van der Waals surface area (Å²) in [5, 5.41) is 0. The molecule has 2 aliphatic carbocycles. The molecule has 3 nitrogen and oxygen atoms in total. The van der Waals surface area contributed by atoms with Crippen LogP contribution in [0.2, 0.25) is 0 Å². The zero-order valence-electron chi connectivity index (χ0n) is 11.4. The molecule has 2 heterocycles. The van der Waals surface area contributed by atoms with Crippen molar-refractivity contribution in [3.8, 4) is 0 Å². The van der Waals surface area contributed by atoms with Crippen LogP contribution < -0.4 is 0 Å². The molecule has 0 amide bonds. The molecule has 0 bridgehead atoms. The Morgan fingerprint density at radius 1 is 1.26 bits per heavy atom. The van der Waals surface area contributed by atoms with Crippen LogP contribution in [-0.2, 0) is 19.3 Å². The summed E-state index contributed by atoms with van der Waals surface area (Å²) in [5.74, 6) is 1.28. The number of hydrogen-bond acceptors (Lipinski definition) is 2. The number of likely N-dealkylation sites (tertiary alicyclic amines) is 1. The van der Waals surface area contributed by atoms with Crippen LogP contribution >= 0.6 is 12.4 Å². The number of aromatic amines is 1. The first-order valence-electron chi connectivity index (χ1n) is 7.19. The van der Waals surface area contributed by atoms with E-state index in [0.717, 1.165) is 37.9 Å². The maximum Gasteiger partial charge on any atom is 0.169 e. The molecule has 2 atom stereocenters. The number of nitrogens with one attached hydrogen (secondary N) is 1. The number of fused-ring (bicyclic) bond motifs is 4. The standard InChI is InChI=1S/C15H20N2O.ClH/c1-17-6-5-9-7-13-14(15(18)11(9)8-17)10-3-2-4-12(10)16-13;/h9,11,16H,2-8H2,1H3;1H/t9-,11+;/m0./s1. The van der Waals surface area contributed by atoms with Crippen LogP contribution in [0.25, 0.3) is 0 Å². The fraction of sp³-hybridized carbons (Fsp3) is 0.667. The number of carbonyl (C=O) groups is 1. The Balaban J connectivity index is 0.00000110. The Kier molecular flexibility index (Phi) is 3.22. The summed E-state index contributed by atoms with van der Waals surface area (Å²) in [6.07, 6.45) is 5.75. The smallest absolute Gasteiger partial charge is 0.169 e. The quantitative estimate of drug-likeness (QED) is 0.791. The van der Waals surface area contributed by atoms with Crippen LogP contribution in [0.4, 0.5) is 0 Å². The average Bonchev–Trinajstić information content (AvgIpc) is 2.90. The van der Waals surface area contributed by atoms with E-state index >= 15 is 0 Å². The molecule has 1 N–H and O–H groups in total. The lowest BCUT2D eigenvalue weighted by Gasteiger charge is -2.38. The van der Waals surface area contributed by atoms with E-state index in [0.29, 0.717) is 11.7 Å². The third kappa shape index (κ3) is 1.86. The molecule has 4 heteroatoms. The molecule has 19 heavy (non-hydrogen) atoms. The summed E-state index contributed by atoms with van der Waals surface area (Å²) in [6, 6.07) is 0. The number of hydrogen-bond donors (Lipinski definition) is 1. The molecule has 0 unspecified atom stereocenters. The topological polar surface area (TPSA) is 36.1 Å². The van der Waals surface area contributed by atoms with Gasteiger partial charge in [-0.25, -0.2) is 0 Å². The second-order valence-corrected chi connectivity index (χ2v) is 6.28. The molecule has 104 valence electrons. The predicted molar refractivity (Wildman–Crippen MR) is 77.2 cm³/mol. The number of nitrogens with zero attached hydrogens (tertiary/aromatic N) is 1. The Morgan fingerprint density at radius 3 is 2.95 bits per heavy atom. The number of aryl methyl sites for hydroxylation is 1. The van der Waals surface area contributed by atoms with Crippen LogP contribution in [0.5, 0.6) is 0 Å². The summed E-state index contributed by atoms with van der Waals surface area (Å²) >= 11 is 0. The second kappa shape index (κ2) is 4.64. The largest absolute Gasteiger partial charge is 0.361 e. The highest BCUT2D eigenvalue weighted by molar-refractivity contribution is 6.02. The van der Waals surface area contributed by atoms with Crippen molar-refractivity contribution in [2.75, 3.05) is 20.1 Å². The number of ketones is 1. The maximum absolute atomic E-state index is 12.8. The van der Waals surface area contributed by atoms with E-state index in [4.69, 9.17) is 0 Å². The molecule has 1 aromatic heterocycles. The fourth-order valence-corrected chi connectivity index (χ4v) is 4.19. The maximum atomic E-state index is 12.8. The van der Waals surface area contributed by atoms with Crippen molar-refractivity contribution in [2.24, 2.45) is 11.8 Å². The van der Waals surface area contributed by atoms with Gasteiger partial charge in [-0.05, 0) is 57.2 Å². The number of aromatic nitrogens is 1. The first-order valence-corrected chi connectivity index (χ1v) is 7.19. The molecule has 1 aliphatic heterocycles. The van der Waals surface area contributed by atoms with Gasteiger partial charge in [0, 0.05) is 29.4 Å². The first-order chi connectivity index (χ1) is 8.74. The molecule has 0 spiro atoms. The molecular formula is C15H21ClN2O. The molecule has 1 fully saturated rings. The molecular weight excluding hydrogens is 260 g/mol. The number of H-pyrrole nitrogens is 1. The van der Waals surface area contributed by atoms with Crippen molar-refractivity contribution in [2.45, 2.75) is 32.1 Å². The summed E-state index contributed by atoms with van der Waals surface area (Å²) in [7, 11) is 2.14. The van der Waals surface area contributed by atoms with Gasteiger partial charge in [-0.3, -0.25) is 4.79 Å². The number of carbonyl (C=O) groups excluding carboxylic acids is 1. The van der Waals surface area contributed by atoms with Gasteiger partial charge in [0.1, 0.15) is 0 Å². The summed E-state index contributed by atoms with van der Waals surface area (Å²) < 4.78 is 0. The molecule has 0 radical (unpaired) electrons. The predicted octanol–water partition coefficient (Wildman–Crippen LogP) is 2.23. The van der Waals surface area contributed by atoms with E-state index in [1.54, 1.807) is 0 Å². The second-order valence-electron chi connectivity index (χ2n) is 6.28. The Morgan fingerprint density at radius 2 is 2.11 bits per heavy atom. The molecule has 3 aliphatic rings. The van der Waals surface area contributed by atoms with Gasteiger partial charge in [-0.2, -0.15) is 0 Å². The van der Waals surface area contributed by atoms with Gasteiger partial charge < -0.3 is 9.88 Å². The van der Waals surface area contributed by atoms with Crippen LogP contribution in [0.3, 0.4) is 0 Å². The summed E-state index contributed by atoms with van der Waals surface area (Å²) in [4.78, 5) is 18.6. The number of Topliss-reactive ketones (excluding diaryl/α,β-unsaturated/α-hetero) is 1. The average molecular weight is 281 g/mol. The van der Waals surface area contributed by atoms with E-state index in [-0.39, 0.29) is 18.3 Å². The van der Waals surface area contributed by atoms with E-state index in [1.165, 1.54) is 29.8 Å². The number of halogens is 1. The molecule has 0 saturated carbocycles. The van der Waals surface area contributed by atoms with Crippen LogP contribution in [0.15, 0.2) is 0 Å². The Bertz CT molecular complexity index is 522. The highest BCUT2D eigenvalue weighted by Gasteiger charge is 2.41. The van der Waals surface area contributed by atoms with Crippen LogP contribution in [-0.4, -0.2) is 35.8 Å². The van der Waals surface area contributed by atoms with Gasteiger partial charge in [0.25, 0.3) is 0 Å². The minimum absolute atomic E-state index is 0. The summed E-state index contributed by atoms with van der Waals surface area (Å²) in [6.45, 7) is 2.10. The lowest BCUT2D eigenvalue weighted by atomic mass is 9.73. The van der Waals surface area contributed by atoms with Crippen molar-refractivity contribution in [1.82, 2.24) is 9.88 Å². The van der Waals surface area contributed by atoms with E-state index in [9.17, 15) is 4.79 Å². The van der Waals surface area contributed by atoms with Gasteiger partial charge in [0.15, 0.2) is 5.78 Å². The summed E-state index contributed by atoms with van der Waals surface area (Å²) in [5.41, 5.74) is 5.08. The fourth-order valence-electron chi connectivity index (χ4n) is 4.19. The highest BCUT2D eigenvalue weighted by atomic mass is 35.5. The van der Waals surface area contributed by atoms with Crippen molar-refractivity contribution in [1.29, 1.82) is 0 Å². The third-order valence-corrected chi connectivity index (χ3v) is 5.13. The Hall–Kier alpha value is -0.800. The van der Waals surface area contributed by atoms with Gasteiger partial charge >= 0.3 is 0 Å². The minimum atomic E-state index is 0. The van der Waals surface area contributed by atoms with Gasteiger partial charge in [0.2, 0.25) is 0 Å². The van der Waals surface area contributed by atoms with Gasteiger partial charge in [-0.1, -0.05) is 0 Å². The van der Waals surface area contributed by atoms with Gasteiger partial charge in [-0.15, -0.1) is 12.4 Å². The van der Waals surface area contributed by atoms with E-state index in [2.05, 4.69) is 16.9 Å². The number of piperidine rings is 1. The number of rotatable bonds is 0. The van der Waals surface area contributed by atoms with Crippen molar-refractivity contribution >= 4 is 18.2 Å². The highest BCUT2D eigenvalue weighted by Crippen LogP contribution is 2.39. The Labute approximate surface area is 120 Å². The molecule has 1 aromatic rings. The van der Waals surface area contributed by atoms with Crippen molar-refractivity contribution in [3.05, 3.63) is 22.5 Å². The normalized spacial score (nSPS) is 29.4. The minimum Gasteiger partial charge on any atom is -0.361 e. The van der Waals surface area contributed by atoms with Crippen LogP contribution in [0.1, 0.15) is 40.2 Å². The SMILES string of the molecule is CN1CC[C@H]2Cc3[nH]c4c(c3C(=O)[C@@H]2C1)CCC4.Cl.